The zero-order valence-electron chi connectivity index (χ0n) is 11.2. The third kappa shape index (κ3) is 10.8. The van der Waals surface area contributed by atoms with Gasteiger partial charge in [0, 0.05) is 12.1 Å². The zero-order valence-corrected chi connectivity index (χ0v) is 16.6. The first kappa shape index (κ1) is 20.5. The average molecular weight is 361 g/mol. The summed E-state index contributed by atoms with van der Waals surface area (Å²) in [6.45, 7) is 0. The van der Waals surface area contributed by atoms with Crippen LogP contribution in [0.3, 0.4) is 0 Å². The van der Waals surface area contributed by atoms with E-state index in [1.165, 1.54) is 51.4 Å². The van der Waals surface area contributed by atoms with Crippen LogP contribution in [0.2, 0.25) is 0 Å². The van der Waals surface area contributed by atoms with E-state index in [9.17, 15) is 0 Å². The molecule has 0 radical (unpaired) electrons. The summed E-state index contributed by atoms with van der Waals surface area (Å²) in [4.78, 5) is 0. The maximum absolute atomic E-state index is 4.74. The maximum atomic E-state index is 4.74. The molecule has 0 unspecified atom stereocenters. The third-order valence-electron chi connectivity index (χ3n) is 3.35. The van der Waals surface area contributed by atoms with E-state index >= 15 is 0 Å². The molecule has 2 rings (SSSR count). The van der Waals surface area contributed by atoms with Crippen molar-refractivity contribution in [2.45, 2.75) is 63.5 Å². The zero-order chi connectivity index (χ0) is 13.4. The molecule has 0 aromatic rings. The van der Waals surface area contributed by atoms with Crippen LogP contribution < -0.4 is 10.6 Å². The normalized spacial score (nSPS) is 18.9. The van der Waals surface area contributed by atoms with Gasteiger partial charge < -0.3 is 60.3 Å². The minimum atomic E-state index is 0. The average Bonchev–Trinajstić information content (AvgIpc) is 2.90. The fourth-order valence-corrected chi connectivity index (χ4v) is 3.14. The van der Waals surface area contributed by atoms with Crippen molar-refractivity contribution in [3.63, 3.8) is 0 Å². The van der Waals surface area contributed by atoms with Crippen LogP contribution in [0.4, 0.5) is 0 Å². The van der Waals surface area contributed by atoms with Gasteiger partial charge in [0.05, 0.1) is 0 Å². The molecule has 0 aromatic carbocycles. The molecule has 0 aliphatic heterocycles. The van der Waals surface area contributed by atoms with Crippen molar-refractivity contribution in [1.29, 1.82) is 0 Å². The second-order valence-electron chi connectivity index (χ2n) is 4.83. The van der Waals surface area contributed by atoms with Crippen molar-refractivity contribution in [3.05, 3.63) is 0 Å². The molecule has 0 bridgehead atoms. The Morgan fingerprint density at radius 2 is 1.00 bits per heavy atom. The predicted molar refractivity (Wildman–Crippen MR) is 96.5 cm³/mol. The monoisotopic (exact) mass is 360 g/mol. The summed E-state index contributed by atoms with van der Waals surface area (Å²) < 4.78 is 1.06. The predicted octanol–water partition coefficient (Wildman–Crippen LogP) is 2.32. The van der Waals surface area contributed by atoms with Crippen LogP contribution in [0, 0.1) is 0 Å². The van der Waals surface area contributed by atoms with Gasteiger partial charge in [0.25, 0.3) is 0 Å². The van der Waals surface area contributed by atoms with Crippen molar-refractivity contribution >= 4 is 96.1 Å². The summed E-state index contributed by atoms with van der Waals surface area (Å²) in [5.74, 6) is 0. The molecule has 0 saturated heterocycles. The molecule has 2 fully saturated rings. The molecule has 0 aromatic heterocycles. The fraction of sp³-hybridized carbons (Fsp3) is 0.833. The smallest absolute Gasteiger partial charge is 0.412 e. The van der Waals surface area contributed by atoms with Crippen molar-refractivity contribution in [2.24, 2.45) is 0 Å². The number of nitrogens with one attached hydrogen (secondary N) is 2. The standard InChI is InChI=1S/2C6H11NS2.Ca/c2*8-6(9)7-5-3-1-2-4-5;/h2*5H,1-4H2,(H2,7,8,9);/q;;+2/p-2. The molecule has 2 nitrogen and oxygen atoms in total. The SMILES string of the molecule is S=C([S-])NC1CCCC1.S=C([S-])NC1CCCC1.[Ca+2]. The van der Waals surface area contributed by atoms with Crippen LogP contribution in [0.5, 0.6) is 0 Å². The van der Waals surface area contributed by atoms with E-state index in [-0.39, 0.29) is 37.7 Å². The Balaban J connectivity index is 0.000000324. The molecular weight excluding hydrogens is 340 g/mol. The Bertz CT molecular complexity index is 249. The molecule has 0 heterocycles. The molecular formula is C12H20CaN2S4. The van der Waals surface area contributed by atoms with Gasteiger partial charge in [-0.15, -0.1) is 0 Å². The maximum Gasteiger partial charge on any atom is 2.00 e. The van der Waals surface area contributed by atoms with Crippen LogP contribution >= 0.6 is 24.4 Å². The van der Waals surface area contributed by atoms with Gasteiger partial charge in [0.2, 0.25) is 0 Å². The molecule has 7 heteroatoms. The number of hydrogen-bond acceptors (Lipinski definition) is 4. The van der Waals surface area contributed by atoms with Gasteiger partial charge in [0.15, 0.2) is 0 Å². The van der Waals surface area contributed by atoms with E-state index in [1.54, 1.807) is 0 Å². The molecule has 2 N–H and O–H groups in total. The van der Waals surface area contributed by atoms with Crippen LogP contribution in [0.1, 0.15) is 51.4 Å². The van der Waals surface area contributed by atoms with Gasteiger partial charge >= 0.3 is 37.7 Å². The Morgan fingerprint density at radius 1 is 0.737 bits per heavy atom. The minimum absolute atomic E-state index is 0. The molecule has 2 saturated carbocycles. The van der Waals surface area contributed by atoms with Crippen LogP contribution in [-0.4, -0.2) is 58.5 Å². The van der Waals surface area contributed by atoms with Crippen LogP contribution in [-0.2, 0) is 25.3 Å². The van der Waals surface area contributed by atoms with Crippen LogP contribution in [0.15, 0.2) is 0 Å². The van der Waals surface area contributed by atoms with E-state index in [2.05, 4.69) is 10.6 Å². The molecule has 104 valence electrons. The van der Waals surface area contributed by atoms with Gasteiger partial charge in [-0.3, -0.25) is 0 Å². The van der Waals surface area contributed by atoms with Gasteiger partial charge in [0.1, 0.15) is 0 Å². The van der Waals surface area contributed by atoms with Crippen LogP contribution in [0.25, 0.3) is 0 Å². The molecule has 2 aliphatic rings. The Kier molecular flexibility index (Phi) is 13.0. The third-order valence-corrected chi connectivity index (χ3v) is 3.83. The first-order chi connectivity index (χ1) is 8.58. The summed E-state index contributed by atoms with van der Waals surface area (Å²) in [5.41, 5.74) is 0. The van der Waals surface area contributed by atoms with E-state index in [4.69, 9.17) is 49.7 Å². The Labute approximate surface area is 168 Å². The summed E-state index contributed by atoms with van der Waals surface area (Å²) in [7, 11) is 0. The summed E-state index contributed by atoms with van der Waals surface area (Å²) in [6, 6.07) is 1.19. The molecule has 0 amide bonds. The summed E-state index contributed by atoms with van der Waals surface area (Å²) in [5, 5.41) is 6.18. The van der Waals surface area contributed by atoms with E-state index in [0.717, 1.165) is 0 Å². The minimum Gasteiger partial charge on any atom is -0.412 e. The van der Waals surface area contributed by atoms with E-state index in [1.807, 2.05) is 0 Å². The van der Waals surface area contributed by atoms with Gasteiger partial charge in [-0.1, -0.05) is 34.3 Å². The largest absolute Gasteiger partial charge is 2.00 e. The van der Waals surface area contributed by atoms with Gasteiger partial charge in [-0.05, 0) is 25.7 Å². The Morgan fingerprint density at radius 3 is 1.21 bits per heavy atom. The van der Waals surface area contributed by atoms with Crippen molar-refractivity contribution in [3.8, 4) is 0 Å². The molecule has 0 spiro atoms. The van der Waals surface area contributed by atoms with Crippen molar-refractivity contribution < 1.29 is 0 Å². The second kappa shape index (κ2) is 12.1. The topological polar surface area (TPSA) is 24.1 Å². The summed E-state index contributed by atoms with van der Waals surface area (Å²) in [6.07, 6.45) is 10.3. The van der Waals surface area contributed by atoms with Crippen molar-refractivity contribution in [1.82, 2.24) is 10.6 Å². The van der Waals surface area contributed by atoms with E-state index in [0.29, 0.717) is 20.7 Å². The summed E-state index contributed by atoms with van der Waals surface area (Å²) >= 11 is 18.9. The van der Waals surface area contributed by atoms with Gasteiger partial charge in [-0.25, -0.2) is 0 Å². The molecule has 2 aliphatic carbocycles. The fourth-order valence-electron chi connectivity index (χ4n) is 2.47. The quantitative estimate of drug-likeness (QED) is 0.445. The molecule has 0 atom stereocenters. The first-order valence-corrected chi connectivity index (χ1v) is 8.16. The van der Waals surface area contributed by atoms with Gasteiger partial charge in [-0.2, -0.15) is 0 Å². The number of thiocarbonyl (C=S) groups is 2. The second-order valence-corrected chi connectivity index (χ2v) is 6.98. The number of rotatable bonds is 2. The van der Waals surface area contributed by atoms with Crippen molar-refractivity contribution in [2.75, 3.05) is 0 Å². The first-order valence-electron chi connectivity index (χ1n) is 6.53. The Hall–Kier alpha value is 1.48. The van der Waals surface area contributed by atoms with E-state index < -0.39 is 0 Å². The molecule has 19 heavy (non-hydrogen) atoms. The number of hydrogen-bond donors (Lipinski definition) is 2.